The molecular weight excluding hydrogens is 442 g/mol. The molecular formula is C24H25N3O5S. The van der Waals surface area contributed by atoms with Gasteiger partial charge in [0, 0.05) is 17.4 Å². The van der Waals surface area contributed by atoms with Gasteiger partial charge in [-0.15, -0.1) is 0 Å². The van der Waals surface area contributed by atoms with Crippen LogP contribution in [-0.2, 0) is 32.5 Å². The van der Waals surface area contributed by atoms with Crippen LogP contribution in [0.4, 0.5) is 17.1 Å². The standard InChI is InChI=1S/C24H25N3O5S/c1-3-16-5-9-18(10-6-16)25-23(29)24(30)26-21-14-13-20(15-22(21)28)33(31,32)27-19-11-7-17(4-2)8-12-19/h5-15,27-28H,3-4H2,1-2H3,(H,25,29)(H,26,30). The zero-order chi connectivity index (χ0) is 24.0. The lowest BCUT2D eigenvalue weighted by Gasteiger charge is -2.12. The summed E-state index contributed by atoms with van der Waals surface area (Å²) >= 11 is 0. The van der Waals surface area contributed by atoms with E-state index >= 15 is 0 Å². The van der Waals surface area contributed by atoms with Crippen LogP contribution in [0.1, 0.15) is 25.0 Å². The van der Waals surface area contributed by atoms with E-state index in [4.69, 9.17) is 0 Å². The largest absolute Gasteiger partial charge is 0.506 e. The number of hydrogen-bond acceptors (Lipinski definition) is 5. The van der Waals surface area contributed by atoms with E-state index in [-0.39, 0.29) is 10.6 Å². The summed E-state index contributed by atoms with van der Waals surface area (Å²) in [5, 5.41) is 15.0. The molecule has 4 N–H and O–H groups in total. The Hall–Kier alpha value is -3.85. The van der Waals surface area contributed by atoms with Crippen LogP contribution >= 0.6 is 0 Å². The van der Waals surface area contributed by atoms with Crippen molar-refractivity contribution in [1.82, 2.24) is 0 Å². The summed E-state index contributed by atoms with van der Waals surface area (Å²) in [6.07, 6.45) is 1.68. The molecule has 0 aliphatic rings. The molecule has 0 spiro atoms. The number of phenolic OH excluding ortho intramolecular Hbond substituents is 1. The second-order valence-electron chi connectivity index (χ2n) is 7.29. The number of aryl methyl sites for hydroxylation is 2. The van der Waals surface area contributed by atoms with E-state index in [2.05, 4.69) is 15.4 Å². The summed E-state index contributed by atoms with van der Waals surface area (Å²) in [7, 11) is -3.97. The number of benzene rings is 3. The highest BCUT2D eigenvalue weighted by atomic mass is 32.2. The van der Waals surface area contributed by atoms with Crippen LogP contribution in [0.15, 0.2) is 71.6 Å². The minimum atomic E-state index is -3.97. The summed E-state index contributed by atoms with van der Waals surface area (Å²) in [5.74, 6) is -2.42. The Bertz CT molecular complexity index is 1250. The van der Waals surface area contributed by atoms with Gasteiger partial charge in [-0.1, -0.05) is 38.1 Å². The highest BCUT2D eigenvalue weighted by Gasteiger charge is 2.19. The van der Waals surface area contributed by atoms with Crippen molar-refractivity contribution in [3.63, 3.8) is 0 Å². The van der Waals surface area contributed by atoms with Gasteiger partial charge in [-0.05, 0) is 60.4 Å². The summed E-state index contributed by atoms with van der Waals surface area (Å²) < 4.78 is 27.7. The van der Waals surface area contributed by atoms with Crippen molar-refractivity contribution in [2.75, 3.05) is 15.4 Å². The SMILES string of the molecule is CCc1ccc(NC(=O)C(=O)Nc2ccc(S(=O)(=O)Nc3ccc(CC)cc3)cc2O)cc1. The van der Waals surface area contributed by atoms with Crippen LogP contribution in [0.5, 0.6) is 5.75 Å². The first-order valence-electron chi connectivity index (χ1n) is 10.4. The Morgan fingerprint density at radius 3 is 1.79 bits per heavy atom. The van der Waals surface area contributed by atoms with Crippen LogP contribution in [0.2, 0.25) is 0 Å². The van der Waals surface area contributed by atoms with Crippen LogP contribution in [0.25, 0.3) is 0 Å². The van der Waals surface area contributed by atoms with Crippen LogP contribution in [0.3, 0.4) is 0 Å². The zero-order valence-corrected chi connectivity index (χ0v) is 19.1. The van der Waals surface area contributed by atoms with Crippen molar-refractivity contribution < 1.29 is 23.1 Å². The van der Waals surface area contributed by atoms with Crippen molar-refractivity contribution in [1.29, 1.82) is 0 Å². The minimum Gasteiger partial charge on any atom is -0.506 e. The molecule has 3 rings (SSSR count). The number of nitrogens with one attached hydrogen (secondary N) is 3. The molecule has 8 nitrogen and oxygen atoms in total. The van der Waals surface area contributed by atoms with E-state index in [0.29, 0.717) is 11.4 Å². The van der Waals surface area contributed by atoms with Gasteiger partial charge in [-0.25, -0.2) is 8.42 Å². The van der Waals surface area contributed by atoms with Crippen molar-refractivity contribution in [3.8, 4) is 5.75 Å². The molecule has 3 aromatic rings. The van der Waals surface area contributed by atoms with Crippen LogP contribution in [-0.4, -0.2) is 25.3 Å². The molecule has 9 heteroatoms. The summed E-state index contributed by atoms with van der Waals surface area (Å²) in [5.41, 5.74) is 2.90. The number of anilines is 3. The molecule has 3 aromatic carbocycles. The fraction of sp³-hybridized carbons (Fsp3) is 0.167. The average molecular weight is 468 g/mol. The maximum atomic E-state index is 12.6. The Morgan fingerprint density at radius 2 is 1.27 bits per heavy atom. The van der Waals surface area contributed by atoms with Gasteiger partial charge in [-0.2, -0.15) is 0 Å². The number of amides is 2. The summed E-state index contributed by atoms with van der Waals surface area (Å²) in [6.45, 7) is 4.00. The van der Waals surface area contributed by atoms with Crippen LogP contribution < -0.4 is 15.4 Å². The first-order valence-corrected chi connectivity index (χ1v) is 11.9. The van der Waals surface area contributed by atoms with Gasteiger partial charge in [0.2, 0.25) is 0 Å². The number of hydrogen-bond donors (Lipinski definition) is 4. The monoisotopic (exact) mass is 467 g/mol. The molecule has 0 atom stereocenters. The van der Waals surface area contributed by atoms with E-state index in [1.54, 1.807) is 24.3 Å². The number of phenols is 1. The fourth-order valence-corrected chi connectivity index (χ4v) is 4.08. The first kappa shape index (κ1) is 23.8. The Labute approximate surface area is 192 Å². The molecule has 0 bridgehead atoms. The maximum absolute atomic E-state index is 12.6. The molecule has 0 aliphatic carbocycles. The molecule has 0 heterocycles. The van der Waals surface area contributed by atoms with Gasteiger partial charge in [0.25, 0.3) is 10.0 Å². The van der Waals surface area contributed by atoms with Crippen LogP contribution in [0, 0.1) is 0 Å². The molecule has 2 amide bonds. The smallest absolute Gasteiger partial charge is 0.314 e. The van der Waals surface area contributed by atoms with Gasteiger partial charge < -0.3 is 15.7 Å². The fourth-order valence-electron chi connectivity index (χ4n) is 3.00. The molecule has 0 fully saturated rings. The third kappa shape index (κ3) is 6.11. The quantitative estimate of drug-likeness (QED) is 0.310. The molecule has 0 saturated heterocycles. The van der Waals surface area contributed by atoms with E-state index in [9.17, 15) is 23.1 Å². The van der Waals surface area contributed by atoms with Crippen molar-refractivity contribution in [2.24, 2.45) is 0 Å². The zero-order valence-electron chi connectivity index (χ0n) is 18.3. The van der Waals surface area contributed by atoms with Gasteiger partial charge in [0.05, 0.1) is 10.6 Å². The Morgan fingerprint density at radius 1 is 0.758 bits per heavy atom. The molecule has 172 valence electrons. The first-order chi connectivity index (χ1) is 15.7. The number of aromatic hydroxyl groups is 1. The highest BCUT2D eigenvalue weighted by molar-refractivity contribution is 7.92. The van der Waals surface area contributed by atoms with Gasteiger partial charge in [0.15, 0.2) is 0 Å². The lowest BCUT2D eigenvalue weighted by atomic mass is 10.1. The predicted molar refractivity (Wildman–Crippen MR) is 128 cm³/mol. The molecule has 0 saturated carbocycles. The molecule has 0 aromatic heterocycles. The van der Waals surface area contributed by atoms with E-state index < -0.39 is 27.6 Å². The third-order valence-corrected chi connectivity index (χ3v) is 6.35. The number of carbonyl (C=O) groups excluding carboxylic acids is 2. The number of sulfonamides is 1. The second kappa shape index (κ2) is 10.2. The number of carbonyl (C=O) groups is 2. The average Bonchev–Trinajstić information content (AvgIpc) is 2.81. The second-order valence-corrected chi connectivity index (χ2v) is 8.98. The van der Waals surface area contributed by atoms with Gasteiger partial charge in [-0.3, -0.25) is 14.3 Å². The predicted octanol–water partition coefficient (Wildman–Crippen LogP) is 3.90. The summed E-state index contributed by atoms with van der Waals surface area (Å²) in [4.78, 5) is 24.2. The van der Waals surface area contributed by atoms with Crippen molar-refractivity contribution in [3.05, 3.63) is 77.9 Å². The molecule has 33 heavy (non-hydrogen) atoms. The number of rotatable bonds is 7. The normalized spacial score (nSPS) is 11.0. The van der Waals surface area contributed by atoms with E-state index in [0.717, 1.165) is 30.0 Å². The van der Waals surface area contributed by atoms with Gasteiger partial charge >= 0.3 is 11.8 Å². The van der Waals surface area contributed by atoms with E-state index in [1.165, 1.54) is 12.1 Å². The Kier molecular flexibility index (Phi) is 7.34. The lowest BCUT2D eigenvalue weighted by Crippen LogP contribution is -2.29. The summed E-state index contributed by atoms with van der Waals surface area (Å²) in [6, 6.07) is 17.4. The lowest BCUT2D eigenvalue weighted by molar-refractivity contribution is -0.133. The Balaban J connectivity index is 1.67. The minimum absolute atomic E-state index is 0.0947. The maximum Gasteiger partial charge on any atom is 0.314 e. The highest BCUT2D eigenvalue weighted by Crippen LogP contribution is 2.27. The topological polar surface area (TPSA) is 125 Å². The van der Waals surface area contributed by atoms with E-state index in [1.807, 2.05) is 38.1 Å². The molecule has 0 aliphatic heterocycles. The van der Waals surface area contributed by atoms with Crippen molar-refractivity contribution in [2.45, 2.75) is 31.6 Å². The van der Waals surface area contributed by atoms with Crippen molar-refractivity contribution >= 4 is 38.9 Å². The third-order valence-electron chi connectivity index (χ3n) is 4.97. The molecule has 0 unspecified atom stereocenters. The molecule has 0 radical (unpaired) electrons. The van der Waals surface area contributed by atoms with Gasteiger partial charge in [0.1, 0.15) is 5.75 Å².